The summed E-state index contributed by atoms with van der Waals surface area (Å²) < 4.78 is 28.6. The first-order chi connectivity index (χ1) is 21.8. The number of carbonyl (C=O) groups excluding carboxylic acids is 1. The summed E-state index contributed by atoms with van der Waals surface area (Å²) in [5.41, 5.74) is 4.36. The van der Waals surface area contributed by atoms with Crippen LogP contribution in [0.4, 0.5) is 0 Å². The van der Waals surface area contributed by atoms with Crippen LogP contribution in [0.15, 0.2) is 85.1 Å². The number of hydrogen-bond acceptors (Lipinski definition) is 11. The van der Waals surface area contributed by atoms with E-state index in [1.165, 1.54) is 19.1 Å². The van der Waals surface area contributed by atoms with Crippen LogP contribution in [-0.4, -0.2) is 58.9 Å². The minimum atomic E-state index is -1.55. The summed E-state index contributed by atoms with van der Waals surface area (Å²) in [5, 5.41) is 31.0. The molecule has 4 aromatic rings. The van der Waals surface area contributed by atoms with Gasteiger partial charge in [-0.2, -0.15) is 5.48 Å². The van der Waals surface area contributed by atoms with Gasteiger partial charge in [0.15, 0.2) is 11.5 Å². The molecule has 0 aliphatic heterocycles. The lowest BCUT2D eigenvalue weighted by atomic mass is 10.1. The first-order valence-electron chi connectivity index (χ1n) is 14.1. The quantitative estimate of drug-likeness (QED) is 0.0921. The lowest BCUT2D eigenvalue weighted by Gasteiger charge is -2.25. The number of nitrogens with zero attached hydrogens (tertiary/aromatic N) is 1. The molecule has 0 aliphatic carbocycles. The second kappa shape index (κ2) is 16.3. The average molecular weight is 620 g/mol. The number of aromatic nitrogens is 1. The molecule has 1 amide bonds. The van der Waals surface area contributed by atoms with Gasteiger partial charge in [0, 0.05) is 11.6 Å². The molecule has 0 radical (unpaired) electrons. The van der Waals surface area contributed by atoms with Gasteiger partial charge in [-0.05, 0) is 66.6 Å². The van der Waals surface area contributed by atoms with E-state index in [-0.39, 0.29) is 18.8 Å². The predicted molar refractivity (Wildman–Crippen MR) is 164 cm³/mol. The zero-order valence-electron chi connectivity index (χ0n) is 25.2. The monoisotopic (exact) mass is 619 g/mol. The van der Waals surface area contributed by atoms with Crippen molar-refractivity contribution in [2.45, 2.75) is 45.1 Å². The molecule has 12 heteroatoms. The van der Waals surface area contributed by atoms with Crippen LogP contribution < -0.4 is 34.5 Å². The first-order valence-corrected chi connectivity index (χ1v) is 14.1. The molecule has 0 aliphatic rings. The van der Waals surface area contributed by atoms with Gasteiger partial charge in [0.25, 0.3) is 5.91 Å². The van der Waals surface area contributed by atoms with Gasteiger partial charge >= 0.3 is 0 Å². The molecule has 0 bridgehead atoms. The number of aliphatic hydroxyl groups excluding tert-OH is 2. The van der Waals surface area contributed by atoms with E-state index in [4.69, 9.17) is 28.9 Å². The van der Waals surface area contributed by atoms with Gasteiger partial charge in [-0.1, -0.05) is 24.3 Å². The van der Waals surface area contributed by atoms with Crippen molar-refractivity contribution in [1.82, 2.24) is 15.8 Å². The van der Waals surface area contributed by atoms with Crippen molar-refractivity contribution < 1.29 is 43.9 Å². The Kier molecular flexibility index (Phi) is 11.9. The molecule has 12 nitrogen and oxygen atoms in total. The Morgan fingerprint density at radius 1 is 0.756 bits per heavy atom. The van der Waals surface area contributed by atoms with E-state index in [0.717, 1.165) is 22.6 Å². The Balaban J connectivity index is 1.42. The summed E-state index contributed by atoms with van der Waals surface area (Å²) in [5.74, 6) is 2.40. The van der Waals surface area contributed by atoms with Crippen LogP contribution in [0.25, 0.3) is 0 Å². The minimum absolute atomic E-state index is 0.113. The van der Waals surface area contributed by atoms with Crippen molar-refractivity contribution in [2.24, 2.45) is 0 Å². The van der Waals surface area contributed by atoms with Crippen molar-refractivity contribution in [3.05, 3.63) is 107 Å². The van der Waals surface area contributed by atoms with E-state index in [1.54, 1.807) is 44.1 Å². The van der Waals surface area contributed by atoms with E-state index >= 15 is 0 Å². The van der Waals surface area contributed by atoms with Crippen LogP contribution in [0.3, 0.4) is 0 Å². The van der Waals surface area contributed by atoms with E-state index in [0.29, 0.717) is 29.5 Å². The highest BCUT2D eigenvalue weighted by atomic mass is 16.5. The fourth-order valence-electron chi connectivity index (χ4n) is 4.17. The Morgan fingerprint density at radius 2 is 1.29 bits per heavy atom. The van der Waals surface area contributed by atoms with Crippen LogP contribution in [-0.2, 0) is 19.8 Å². The summed E-state index contributed by atoms with van der Waals surface area (Å²) >= 11 is 0. The summed E-state index contributed by atoms with van der Waals surface area (Å²) in [6, 6.07) is 22.1. The van der Waals surface area contributed by atoms with Gasteiger partial charge in [-0.3, -0.25) is 9.78 Å². The Hall–Kier alpha value is -4.88. The van der Waals surface area contributed by atoms with Crippen LogP contribution in [0.2, 0.25) is 0 Å². The van der Waals surface area contributed by atoms with Gasteiger partial charge in [0.2, 0.25) is 0 Å². The first kappa shape index (κ1) is 33.0. The highest BCUT2D eigenvalue weighted by Gasteiger charge is 2.26. The highest BCUT2D eigenvalue weighted by Crippen LogP contribution is 2.30. The highest BCUT2D eigenvalue weighted by molar-refractivity contribution is 5.94. The van der Waals surface area contributed by atoms with Crippen LogP contribution in [0.1, 0.15) is 34.1 Å². The van der Waals surface area contributed by atoms with Crippen molar-refractivity contribution in [3.63, 3.8) is 0 Å². The smallest absolute Gasteiger partial charge is 0.251 e. The molecule has 45 heavy (non-hydrogen) atoms. The number of amides is 1. The standard InChI is InChI=1S/C33H37N3O9/c1-21(37)31(33(39)36-40)35-32(38)24-8-14-28(15-9-24)43-20-25-16-29(44-18-22-4-10-26(41-2)11-5-22)30(17-34-25)45-19-23-6-12-27(42-3)13-7-23/h4-17,21,31,33,36-37,39-40H,18-20H2,1-3H3,(H,35,38)/t21-,31+,33?/m1/s1. The molecule has 1 heterocycles. The molecule has 5 N–H and O–H groups in total. The lowest BCUT2D eigenvalue weighted by Crippen LogP contribution is -2.54. The number of methoxy groups -OCH3 is 2. The zero-order chi connectivity index (χ0) is 32.2. The van der Waals surface area contributed by atoms with Gasteiger partial charge < -0.3 is 44.4 Å². The largest absolute Gasteiger partial charge is 0.497 e. The number of rotatable bonds is 16. The molecule has 3 atom stereocenters. The Labute approximate surface area is 261 Å². The number of pyridine rings is 1. The molecule has 4 rings (SSSR count). The Morgan fingerprint density at radius 3 is 1.80 bits per heavy atom. The van der Waals surface area contributed by atoms with Crippen molar-refractivity contribution in [2.75, 3.05) is 14.2 Å². The fourth-order valence-corrected chi connectivity index (χ4v) is 4.17. The third kappa shape index (κ3) is 9.55. The second-order valence-electron chi connectivity index (χ2n) is 10.0. The SMILES string of the molecule is COc1ccc(COc2cnc(COc3ccc(C(=O)N[C@H](C(O)NO)[C@@H](C)O)cc3)cc2OCc2ccc(OC)cc2)cc1. The average Bonchev–Trinajstić information content (AvgIpc) is 3.08. The lowest BCUT2D eigenvalue weighted by molar-refractivity contribution is -0.0463. The molecular formula is C33H37N3O9. The third-order valence-electron chi connectivity index (χ3n) is 6.79. The maximum Gasteiger partial charge on any atom is 0.251 e. The van der Waals surface area contributed by atoms with Crippen LogP contribution >= 0.6 is 0 Å². The predicted octanol–water partition coefficient (Wildman–Crippen LogP) is 3.61. The summed E-state index contributed by atoms with van der Waals surface area (Å²) in [6.07, 6.45) is -1.08. The number of carbonyl (C=O) groups is 1. The summed E-state index contributed by atoms with van der Waals surface area (Å²) in [7, 11) is 3.23. The molecule has 1 aromatic heterocycles. The third-order valence-corrected chi connectivity index (χ3v) is 6.79. The number of hydroxylamine groups is 1. The number of ether oxygens (including phenoxy) is 5. The maximum absolute atomic E-state index is 12.6. The molecule has 0 spiro atoms. The normalized spacial score (nSPS) is 12.8. The molecule has 238 valence electrons. The zero-order valence-corrected chi connectivity index (χ0v) is 25.2. The number of nitrogens with one attached hydrogen (secondary N) is 2. The number of benzene rings is 3. The second-order valence-corrected chi connectivity index (χ2v) is 10.0. The van der Waals surface area contributed by atoms with E-state index in [9.17, 15) is 15.0 Å². The van der Waals surface area contributed by atoms with Gasteiger partial charge in [0.1, 0.15) is 43.3 Å². The van der Waals surface area contributed by atoms with Crippen molar-refractivity contribution in [3.8, 4) is 28.7 Å². The number of aliphatic hydroxyl groups is 2. The van der Waals surface area contributed by atoms with E-state index in [2.05, 4.69) is 10.3 Å². The molecule has 1 unspecified atom stereocenters. The van der Waals surface area contributed by atoms with Gasteiger partial charge in [0.05, 0.1) is 38.3 Å². The molecule has 0 saturated heterocycles. The van der Waals surface area contributed by atoms with Crippen molar-refractivity contribution >= 4 is 5.91 Å². The van der Waals surface area contributed by atoms with Crippen molar-refractivity contribution in [1.29, 1.82) is 0 Å². The molecule has 0 fully saturated rings. The van der Waals surface area contributed by atoms with Gasteiger partial charge in [-0.15, -0.1) is 0 Å². The maximum atomic E-state index is 12.6. The molecule has 3 aromatic carbocycles. The van der Waals surface area contributed by atoms with Crippen LogP contribution in [0.5, 0.6) is 28.7 Å². The Bertz CT molecular complexity index is 1500. The topological polar surface area (TPSA) is 161 Å². The van der Waals surface area contributed by atoms with Crippen LogP contribution in [0, 0.1) is 0 Å². The van der Waals surface area contributed by atoms with E-state index in [1.807, 2.05) is 48.5 Å². The fraction of sp³-hybridized carbons (Fsp3) is 0.273. The van der Waals surface area contributed by atoms with Gasteiger partial charge in [-0.25, -0.2) is 0 Å². The molecule has 0 saturated carbocycles. The minimum Gasteiger partial charge on any atom is -0.497 e. The summed E-state index contributed by atoms with van der Waals surface area (Å²) in [6.45, 7) is 2.08. The molecular weight excluding hydrogens is 582 g/mol. The van der Waals surface area contributed by atoms with E-state index < -0.39 is 24.3 Å². The summed E-state index contributed by atoms with van der Waals surface area (Å²) in [4.78, 5) is 17.1. The number of hydrogen-bond donors (Lipinski definition) is 5.